The monoisotopic (exact) mass is 442 g/mol. The van der Waals surface area contributed by atoms with E-state index in [-0.39, 0.29) is 0 Å². The third-order valence-corrected chi connectivity index (χ3v) is 4.78. The lowest BCUT2D eigenvalue weighted by molar-refractivity contribution is -0.127. The van der Waals surface area contributed by atoms with E-state index in [1.54, 1.807) is 49.4 Å². The van der Waals surface area contributed by atoms with Crippen molar-refractivity contribution in [1.29, 1.82) is 0 Å². The molecule has 0 aromatic heterocycles. The molecule has 5 nitrogen and oxygen atoms in total. The molecule has 30 heavy (non-hydrogen) atoms. The average Bonchev–Trinajstić information content (AvgIpc) is 2.76. The molecule has 0 aliphatic carbocycles. The van der Waals surface area contributed by atoms with Crippen molar-refractivity contribution >= 4 is 35.3 Å². The van der Waals surface area contributed by atoms with Gasteiger partial charge in [-0.3, -0.25) is 4.79 Å². The maximum atomic E-state index is 12.2. The zero-order valence-electron chi connectivity index (χ0n) is 16.2. The van der Waals surface area contributed by atoms with Crippen molar-refractivity contribution in [2.75, 3.05) is 0 Å². The van der Waals surface area contributed by atoms with Crippen molar-refractivity contribution in [2.24, 2.45) is 5.10 Å². The third kappa shape index (κ3) is 6.24. The molecule has 1 unspecified atom stereocenters. The van der Waals surface area contributed by atoms with E-state index in [4.69, 9.17) is 32.7 Å². The summed E-state index contributed by atoms with van der Waals surface area (Å²) in [5.41, 5.74) is 4.03. The number of hydrogen-bond donors (Lipinski definition) is 1. The zero-order valence-corrected chi connectivity index (χ0v) is 17.7. The number of amides is 1. The number of hydrazone groups is 1. The molecule has 0 radical (unpaired) electrons. The van der Waals surface area contributed by atoms with Crippen molar-refractivity contribution in [3.8, 4) is 11.5 Å². The van der Waals surface area contributed by atoms with Crippen LogP contribution in [-0.2, 0) is 11.4 Å². The van der Waals surface area contributed by atoms with Crippen LogP contribution in [0.15, 0.2) is 77.9 Å². The topological polar surface area (TPSA) is 59.9 Å². The molecule has 0 fully saturated rings. The van der Waals surface area contributed by atoms with Crippen molar-refractivity contribution in [3.63, 3.8) is 0 Å². The second-order valence-electron chi connectivity index (χ2n) is 6.38. The molecule has 0 saturated heterocycles. The Kier molecular flexibility index (Phi) is 7.71. The highest BCUT2D eigenvalue weighted by atomic mass is 35.5. The molecular weight excluding hydrogens is 423 g/mol. The van der Waals surface area contributed by atoms with Crippen LogP contribution >= 0.6 is 23.2 Å². The molecular formula is C23H20Cl2N2O3. The van der Waals surface area contributed by atoms with Crippen LogP contribution in [0.1, 0.15) is 18.1 Å². The Balaban J connectivity index is 1.49. The van der Waals surface area contributed by atoms with E-state index in [1.807, 2.05) is 30.3 Å². The Morgan fingerprint density at radius 2 is 1.60 bits per heavy atom. The van der Waals surface area contributed by atoms with Crippen molar-refractivity contribution in [3.05, 3.63) is 94.0 Å². The summed E-state index contributed by atoms with van der Waals surface area (Å²) >= 11 is 12.1. The normalized spacial score (nSPS) is 11.8. The second kappa shape index (κ2) is 10.7. The molecule has 0 bridgehead atoms. The first-order valence-electron chi connectivity index (χ1n) is 9.23. The van der Waals surface area contributed by atoms with Crippen LogP contribution in [0.4, 0.5) is 0 Å². The standard InChI is InChI=1S/C23H20Cl2N2O3/c1-16(23(28)27-26-14-20-21(24)8-5-9-22(20)25)30-19-12-10-18(11-13-19)29-15-17-6-3-2-4-7-17/h2-14,16H,15H2,1H3,(H,27,28)/b26-14+. The molecule has 1 atom stereocenters. The average molecular weight is 443 g/mol. The minimum atomic E-state index is -0.750. The first-order chi connectivity index (χ1) is 14.5. The molecule has 0 saturated carbocycles. The Morgan fingerprint density at radius 3 is 2.27 bits per heavy atom. The van der Waals surface area contributed by atoms with Crippen LogP contribution < -0.4 is 14.9 Å². The van der Waals surface area contributed by atoms with E-state index in [0.717, 1.165) is 5.56 Å². The summed E-state index contributed by atoms with van der Waals surface area (Å²) in [6.07, 6.45) is 0.647. The first-order valence-corrected chi connectivity index (χ1v) is 9.99. The van der Waals surface area contributed by atoms with Gasteiger partial charge in [-0.2, -0.15) is 5.10 Å². The van der Waals surface area contributed by atoms with Crippen LogP contribution in [-0.4, -0.2) is 18.2 Å². The van der Waals surface area contributed by atoms with Crippen molar-refractivity contribution < 1.29 is 14.3 Å². The summed E-state index contributed by atoms with van der Waals surface area (Å²) in [5, 5.41) is 4.79. The van der Waals surface area contributed by atoms with Gasteiger partial charge in [-0.1, -0.05) is 59.6 Å². The van der Waals surface area contributed by atoms with E-state index in [0.29, 0.717) is 33.7 Å². The van der Waals surface area contributed by atoms with Gasteiger partial charge in [0.2, 0.25) is 0 Å². The van der Waals surface area contributed by atoms with Gasteiger partial charge in [-0.05, 0) is 48.9 Å². The first kappa shape index (κ1) is 21.7. The summed E-state index contributed by atoms with van der Waals surface area (Å²) in [7, 11) is 0. The highest BCUT2D eigenvalue weighted by molar-refractivity contribution is 6.38. The van der Waals surface area contributed by atoms with Crippen LogP contribution in [0.3, 0.4) is 0 Å². The number of ether oxygens (including phenoxy) is 2. The van der Waals surface area contributed by atoms with Gasteiger partial charge in [-0.15, -0.1) is 0 Å². The molecule has 0 spiro atoms. The van der Waals surface area contributed by atoms with Crippen LogP contribution in [0.5, 0.6) is 11.5 Å². The van der Waals surface area contributed by atoms with Crippen molar-refractivity contribution in [1.82, 2.24) is 5.43 Å². The summed E-state index contributed by atoms with van der Waals surface area (Å²) in [5.74, 6) is 0.853. The maximum absolute atomic E-state index is 12.2. The fourth-order valence-electron chi connectivity index (χ4n) is 2.50. The largest absolute Gasteiger partial charge is 0.489 e. The van der Waals surface area contributed by atoms with Gasteiger partial charge in [0.15, 0.2) is 6.10 Å². The molecule has 3 aromatic carbocycles. The van der Waals surface area contributed by atoms with E-state index in [9.17, 15) is 4.79 Å². The lowest BCUT2D eigenvalue weighted by Crippen LogP contribution is -2.33. The third-order valence-electron chi connectivity index (χ3n) is 4.12. The fraction of sp³-hybridized carbons (Fsp3) is 0.130. The van der Waals surface area contributed by atoms with E-state index < -0.39 is 12.0 Å². The number of halogens is 2. The van der Waals surface area contributed by atoms with Crippen molar-refractivity contribution in [2.45, 2.75) is 19.6 Å². The summed E-state index contributed by atoms with van der Waals surface area (Å²) in [6, 6.07) is 22.1. The van der Waals surface area contributed by atoms with E-state index in [2.05, 4.69) is 10.5 Å². The summed E-state index contributed by atoms with van der Waals surface area (Å²) in [4.78, 5) is 12.2. The van der Waals surface area contributed by atoms with Gasteiger partial charge in [0.25, 0.3) is 5.91 Å². The van der Waals surface area contributed by atoms with Gasteiger partial charge in [0.05, 0.1) is 16.3 Å². The molecule has 3 aromatic rings. The zero-order chi connectivity index (χ0) is 21.3. The van der Waals surface area contributed by atoms with Crippen LogP contribution in [0, 0.1) is 0 Å². The molecule has 3 rings (SSSR count). The quantitative estimate of drug-likeness (QED) is 0.370. The smallest absolute Gasteiger partial charge is 0.280 e. The number of carbonyl (C=O) groups is 1. The molecule has 0 heterocycles. The number of hydrogen-bond acceptors (Lipinski definition) is 4. The summed E-state index contributed by atoms with van der Waals surface area (Å²) in [6.45, 7) is 2.11. The van der Waals surface area contributed by atoms with Gasteiger partial charge in [0.1, 0.15) is 18.1 Å². The predicted octanol–water partition coefficient (Wildman–Crippen LogP) is 5.49. The van der Waals surface area contributed by atoms with Gasteiger partial charge in [0, 0.05) is 5.56 Å². The Bertz CT molecular complexity index is 988. The lowest BCUT2D eigenvalue weighted by Gasteiger charge is -2.13. The Labute approximate surface area is 185 Å². The van der Waals surface area contributed by atoms with Gasteiger partial charge < -0.3 is 9.47 Å². The minimum Gasteiger partial charge on any atom is -0.489 e. The number of benzene rings is 3. The maximum Gasteiger partial charge on any atom is 0.280 e. The van der Waals surface area contributed by atoms with Crippen LogP contribution in [0.25, 0.3) is 0 Å². The molecule has 0 aliphatic rings. The number of rotatable bonds is 8. The highest BCUT2D eigenvalue weighted by Crippen LogP contribution is 2.22. The molecule has 154 valence electrons. The number of nitrogens with zero attached hydrogens (tertiary/aromatic N) is 1. The molecule has 7 heteroatoms. The molecule has 0 aliphatic heterocycles. The Morgan fingerprint density at radius 1 is 0.967 bits per heavy atom. The second-order valence-corrected chi connectivity index (χ2v) is 7.19. The minimum absolute atomic E-state index is 0.404. The molecule has 1 amide bonds. The Hall–Kier alpha value is -3.02. The van der Waals surface area contributed by atoms with E-state index >= 15 is 0 Å². The van der Waals surface area contributed by atoms with Crippen LogP contribution in [0.2, 0.25) is 10.0 Å². The SMILES string of the molecule is CC(Oc1ccc(OCc2ccccc2)cc1)C(=O)N/N=C/c1c(Cl)cccc1Cl. The number of carbonyl (C=O) groups excluding carboxylic acids is 1. The fourth-order valence-corrected chi connectivity index (χ4v) is 2.99. The molecule has 1 N–H and O–H groups in total. The highest BCUT2D eigenvalue weighted by Gasteiger charge is 2.14. The van der Waals surface area contributed by atoms with Gasteiger partial charge >= 0.3 is 0 Å². The van der Waals surface area contributed by atoms with Gasteiger partial charge in [-0.25, -0.2) is 5.43 Å². The summed E-state index contributed by atoms with van der Waals surface area (Å²) < 4.78 is 11.4. The lowest BCUT2D eigenvalue weighted by atomic mass is 10.2. The predicted molar refractivity (Wildman–Crippen MR) is 120 cm³/mol. The van der Waals surface area contributed by atoms with E-state index in [1.165, 1.54) is 6.21 Å². The number of nitrogens with one attached hydrogen (secondary N) is 1.